The molecule has 1 atom stereocenters. The van der Waals surface area contributed by atoms with Gasteiger partial charge in [0, 0.05) is 6.07 Å². The highest BCUT2D eigenvalue weighted by atomic mass is 19.1. The molecule has 0 fully saturated rings. The molecule has 11 heteroatoms. The van der Waals surface area contributed by atoms with E-state index in [0.29, 0.717) is 10.9 Å². The van der Waals surface area contributed by atoms with Crippen molar-refractivity contribution in [2.45, 2.75) is 19.9 Å². The summed E-state index contributed by atoms with van der Waals surface area (Å²) in [5, 5.41) is 12.9. The molecule has 3 aromatic heterocycles. The second-order valence-electron chi connectivity index (χ2n) is 7.11. The molecule has 10 nitrogen and oxygen atoms in total. The van der Waals surface area contributed by atoms with Gasteiger partial charge in [0.15, 0.2) is 5.82 Å². The Morgan fingerprint density at radius 2 is 2.00 bits per heavy atom. The fourth-order valence-electron chi connectivity index (χ4n) is 3.46. The standard InChI is InChI=1S/C21H18FN9O/c1-10-4-3-5-15-16(10)20(32)31(13-6-12(22)8-26-9-13)19(28-15)11(2)27-18-14(7-23)17(24)29-21(25)30-18/h3-6,8-9,11H,1-2H3,(H5,24,25,27,29,30). The molecule has 3 heterocycles. The first kappa shape index (κ1) is 20.7. The van der Waals surface area contributed by atoms with E-state index in [4.69, 9.17) is 11.5 Å². The van der Waals surface area contributed by atoms with Gasteiger partial charge >= 0.3 is 0 Å². The molecule has 0 radical (unpaired) electrons. The number of aromatic nitrogens is 5. The molecular formula is C21H18FN9O. The van der Waals surface area contributed by atoms with Gasteiger partial charge in [-0.2, -0.15) is 15.2 Å². The smallest absolute Gasteiger partial charge is 0.266 e. The average molecular weight is 431 g/mol. The predicted octanol–water partition coefficient (Wildman–Crippen LogP) is 2.23. The van der Waals surface area contributed by atoms with Crippen molar-refractivity contribution in [2.24, 2.45) is 0 Å². The van der Waals surface area contributed by atoms with E-state index in [1.54, 1.807) is 32.0 Å². The number of fused-ring (bicyclic) bond motifs is 1. The van der Waals surface area contributed by atoms with E-state index < -0.39 is 11.9 Å². The molecule has 4 rings (SSSR count). The lowest BCUT2D eigenvalue weighted by Gasteiger charge is -2.21. The number of aryl methyl sites for hydroxylation is 1. The van der Waals surface area contributed by atoms with Crippen molar-refractivity contribution in [1.29, 1.82) is 5.26 Å². The van der Waals surface area contributed by atoms with E-state index in [0.717, 1.165) is 11.8 Å². The van der Waals surface area contributed by atoms with Gasteiger partial charge in [-0.15, -0.1) is 0 Å². The first-order chi connectivity index (χ1) is 15.3. The Labute approximate surface area is 181 Å². The lowest BCUT2D eigenvalue weighted by Crippen LogP contribution is -2.28. The van der Waals surface area contributed by atoms with Gasteiger partial charge in [0.05, 0.1) is 35.0 Å². The minimum absolute atomic E-state index is 0.00371. The third-order valence-corrected chi connectivity index (χ3v) is 4.89. The lowest BCUT2D eigenvalue weighted by atomic mass is 10.1. The van der Waals surface area contributed by atoms with Crippen molar-refractivity contribution in [2.75, 3.05) is 16.8 Å². The molecule has 0 aliphatic rings. The van der Waals surface area contributed by atoms with E-state index in [1.165, 1.54) is 16.8 Å². The average Bonchev–Trinajstić information content (AvgIpc) is 2.73. The number of halogens is 1. The number of anilines is 3. The molecule has 5 N–H and O–H groups in total. The normalized spacial score (nSPS) is 11.8. The number of nitrogens with one attached hydrogen (secondary N) is 1. The van der Waals surface area contributed by atoms with Crippen LogP contribution in [0.3, 0.4) is 0 Å². The van der Waals surface area contributed by atoms with Crippen LogP contribution >= 0.6 is 0 Å². The summed E-state index contributed by atoms with van der Waals surface area (Å²) in [6, 6.07) is 7.76. The highest BCUT2D eigenvalue weighted by molar-refractivity contribution is 5.81. The molecule has 1 aromatic carbocycles. The molecule has 1 unspecified atom stereocenters. The summed E-state index contributed by atoms with van der Waals surface area (Å²) < 4.78 is 15.2. The second-order valence-corrected chi connectivity index (χ2v) is 7.11. The van der Waals surface area contributed by atoms with Crippen LogP contribution in [0.5, 0.6) is 0 Å². The molecular weight excluding hydrogens is 413 g/mol. The van der Waals surface area contributed by atoms with Crippen molar-refractivity contribution in [3.63, 3.8) is 0 Å². The van der Waals surface area contributed by atoms with E-state index in [2.05, 4.69) is 25.3 Å². The van der Waals surface area contributed by atoms with Crippen LogP contribution in [-0.4, -0.2) is 24.5 Å². The molecule has 0 bridgehead atoms. The number of nitrogen functional groups attached to an aromatic ring is 2. The molecule has 0 saturated carbocycles. The second kappa shape index (κ2) is 7.92. The fraction of sp³-hybridized carbons (Fsp3) is 0.143. The lowest BCUT2D eigenvalue weighted by molar-refractivity contribution is 0.617. The quantitative estimate of drug-likeness (QED) is 0.440. The Morgan fingerprint density at radius 1 is 1.22 bits per heavy atom. The van der Waals surface area contributed by atoms with E-state index in [-0.39, 0.29) is 40.2 Å². The van der Waals surface area contributed by atoms with Gasteiger partial charge in [0.1, 0.15) is 29.1 Å². The number of pyridine rings is 1. The van der Waals surface area contributed by atoms with Gasteiger partial charge in [-0.25, -0.2) is 9.37 Å². The van der Waals surface area contributed by atoms with E-state index >= 15 is 0 Å². The van der Waals surface area contributed by atoms with Crippen molar-refractivity contribution >= 4 is 28.5 Å². The number of nitriles is 1. The number of benzene rings is 1. The fourth-order valence-corrected chi connectivity index (χ4v) is 3.46. The van der Waals surface area contributed by atoms with Crippen molar-refractivity contribution in [3.8, 4) is 11.8 Å². The molecule has 0 saturated heterocycles. The summed E-state index contributed by atoms with van der Waals surface area (Å²) in [6.07, 6.45) is 2.41. The number of rotatable bonds is 4. The summed E-state index contributed by atoms with van der Waals surface area (Å²) in [4.78, 5) is 29.9. The molecule has 32 heavy (non-hydrogen) atoms. The molecule has 0 amide bonds. The zero-order valence-electron chi connectivity index (χ0n) is 17.2. The summed E-state index contributed by atoms with van der Waals surface area (Å²) in [5.41, 5.74) is 12.5. The third-order valence-electron chi connectivity index (χ3n) is 4.89. The van der Waals surface area contributed by atoms with Gasteiger partial charge in [-0.05, 0) is 25.5 Å². The van der Waals surface area contributed by atoms with Crippen LogP contribution in [0.25, 0.3) is 16.6 Å². The van der Waals surface area contributed by atoms with Gasteiger partial charge in [0.2, 0.25) is 5.95 Å². The van der Waals surface area contributed by atoms with Crippen LogP contribution < -0.4 is 22.3 Å². The van der Waals surface area contributed by atoms with Crippen LogP contribution in [0.4, 0.5) is 22.0 Å². The van der Waals surface area contributed by atoms with Crippen LogP contribution in [0, 0.1) is 24.1 Å². The minimum atomic E-state index is -0.670. The van der Waals surface area contributed by atoms with Crippen LogP contribution in [0.15, 0.2) is 41.5 Å². The molecule has 0 aliphatic heterocycles. The Morgan fingerprint density at radius 3 is 2.72 bits per heavy atom. The zero-order chi connectivity index (χ0) is 23.0. The van der Waals surface area contributed by atoms with E-state index in [1.807, 2.05) is 6.07 Å². The van der Waals surface area contributed by atoms with Gasteiger partial charge in [-0.3, -0.25) is 14.3 Å². The third kappa shape index (κ3) is 3.54. The van der Waals surface area contributed by atoms with Gasteiger partial charge < -0.3 is 16.8 Å². The summed E-state index contributed by atoms with van der Waals surface area (Å²) in [6.45, 7) is 3.51. The molecule has 0 aliphatic carbocycles. The maximum absolute atomic E-state index is 14.0. The highest BCUT2D eigenvalue weighted by Gasteiger charge is 2.22. The largest absolute Gasteiger partial charge is 0.382 e. The summed E-state index contributed by atoms with van der Waals surface area (Å²) in [5.74, 6) is -0.463. The summed E-state index contributed by atoms with van der Waals surface area (Å²) >= 11 is 0. The number of nitrogens with two attached hydrogens (primary N) is 2. The minimum Gasteiger partial charge on any atom is -0.382 e. The van der Waals surface area contributed by atoms with Crippen molar-refractivity contribution in [3.05, 3.63) is 69.8 Å². The Balaban J connectivity index is 1.95. The summed E-state index contributed by atoms with van der Waals surface area (Å²) in [7, 11) is 0. The van der Waals surface area contributed by atoms with Crippen LogP contribution in [0.2, 0.25) is 0 Å². The monoisotopic (exact) mass is 431 g/mol. The van der Waals surface area contributed by atoms with E-state index in [9.17, 15) is 14.4 Å². The predicted molar refractivity (Wildman–Crippen MR) is 117 cm³/mol. The Bertz CT molecular complexity index is 1460. The Kier molecular flexibility index (Phi) is 5.11. The number of nitrogens with zero attached hydrogens (tertiary/aromatic N) is 6. The number of hydrogen-bond donors (Lipinski definition) is 3. The van der Waals surface area contributed by atoms with Crippen molar-refractivity contribution < 1.29 is 4.39 Å². The van der Waals surface area contributed by atoms with Gasteiger partial charge in [0.25, 0.3) is 5.56 Å². The highest BCUT2D eigenvalue weighted by Crippen LogP contribution is 2.25. The maximum atomic E-state index is 14.0. The number of hydrogen-bond acceptors (Lipinski definition) is 9. The molecule has 0 spiro atoms. The van der Waals surface area contributed by atoms with Crippen molar-refractivity contribution in [1.82, 2.24) is 24.5 Å². The molecule has 4 aromatic rings. The van der Waals surface area contributed by atoms with Crippen LogP contribution in [-0.2, 0) is 0 Å². The maximum Gasteiger partial charge on any atom is 0.266 e. The Hall–Kier alpha value is -4.59. The molecule has 160 valence electrons. The SMILES string of the molecule is Cc1cccc2nc(C(C)Nc3nc(N)nc(N)c3C#N)n(-c3cncc(F)c3)c(=O)c12. The van der Waals surface area contributed by atoms with Crippen LogP contribution in [0.1, 0.15) is 29.9 Å². The first-order valence-corrected chi connectivity index (χ1v) is 9.53. The first-order valence-electron chi connectivity index (χ1n) is 9.53. The topological polar surface area (TPSA) is 161 Å². The van der Waals surface area contributed by atoms with Gasteiger partial charge in [-0.1, -0.05) is 12.1 Å². The zero-order valence-corrected chi connectivity index (χ0v) is 17.2.